The van der Waals surface area contributed by atoms with E-state index < -0.39 is 17.6 Å². The van der Waals surface area contributed by atoms with Crippen molar-refractivity contribution < 1.29 is 17.6 Å². The van der Waals surface area contributed by atoms with E-state index in [4.69, 9.17) is 5.26 Å². The standard InChI is InChI=1S/C14H7BrF4N2/c15-12-6-10(2-1-8(12)7-20)21-9-3-4-13(16)11(5-9)14(17,18)19/h1-6,21H. The van der Waals surface area contributed by atoms with Crippen molar-refractivity contribution in [3.8, 4) is 6.07 Å². The summed E-state index contributed by atoms with van der Waals surface area (Å²) in [5.74, 6) is -1.32. The minimum absolute atomic E-state index is 0.0975. The molecule has 0 aromatic heterocycles. The summed E-state index contributed by atoms with van der Waals surface area (Å²) in [6.07, 6.45) is -4.76. The van der Waals surface area contributed by atoms with Gasteiger partial charge in [0.2, 0.25) is 0 Å². The van der Waals surface area contributed by atoms with Crippen molar-refractivity contribution in [1.29, 1.82) is 5.26 Å². The second-order valence-electron chi connectivity index (χ2n) is 4.12. The molecule has 0 bridgehead atoms. The third-order valence-corrected chi connectivity index (χ3v) is 3.31. The maximum absolute atomic E-state index is 13.2. The number of halogens is 5. The molecule has 2 aromatic rings. The second-order valence-corrected chi connectivity index (χ2v) is 4.98. The Balaban J connectivity index is 2.33. The van der Waals surface area contributed by atoms with Crippen LogP contribution in [-0.2, 0) is 6.18 Å². The van der Waals surface area contributed by atoms with E-state index in [1.54, 1.807) is 12.1 Å². The van der Waals surface area contributed by atoms with Gasteiger partial charge in [-0.3, -0.25) is 0 Å². The van der Waals surface area contributed by atoms with Crippen LogP contribution in [0.1, 0.15) is 11.1 Å². The number of rotatable bonds is 2. The van der Waals surface area contributed by atoms with Crippen LogP contribution in [0.15, 0.2) is 40.9 Å². The summed E-state index contributed by atoms with van der Waals surface area (Å²) in [6, 6.07) is 9.21. The molecule has 0 aliphatic rings. The summed E-state index contributed by atoms with van der Waals surface area (Å²) in [5.41, 5.74) is -0.364. The molecule has 21 heavy (non-hydrogen) atoms. The van der Waals surface area contributed by atoms with Crippen molar-refractivity contribution in [1.82, 2.24) is 0 Å². The molecule has 2 nitrogen and oxygen atoms in total. The highest BCUT2D eigenvalue weighted by Gasteiger charge is 2.34. The quantitative estimate of drug-likeness (QED) is 0.746. The van der Waals surface area contributed by atoms with E-state index in [9.17, 15) is 17.6 Å². The molecule has 0 saturated heterocycles. The molecule has 0 atom stereocenters. The minimum atomic E-state index is -4.76. The average molecular weight is 359 g/mol. The van der Waals surface area contributed by atoms with Gasteiger partial charge in [0, 0.05) is 15.8 Å². The van der Waals surface area contributed by atoms with Crippen LogP contribution in [0.25, 0.3) is 0 Å². The van der Waals surface area contributed by atoms with Gasteiger partial charge < -0.3 is 5.32 Å². The number of nitriles is 1. The predicted octanol–water partition coefficient (Wildman–Crippen LogP) is 5.22. The molecule has 0 amide bonds. The van der Waals surface area contributed by atoms with E-state index in [-0.39, 0.29) is 5.69 Å². The highest BCUT2D eigenvalue weighted by Crippen LogP contribution is 2.34. The second kappa shape index (κ2) is 5.74. The third kappa shape index (κ3) is 3.52. The topological polar surface area (TPSA) is 35.8 Å². The van der Waals surface area contributed by atoms with Crippen LogP contribution in [0, 0.1) is 17.1 Å². The minimum Gasteiger partial charge on any atom is -0.355 e. The van der Waals surface area contributed by atoms with Crippen LogP contribution in [0.3, 0.4) is 0 Å². The fourth-order valence-corrected chi connectivity index (χ4v) is 2.14. The molecule has 0 aliphatic carbocycles. The monoisotopic (exact) mass is 358 g/mol. The molecule has 0 spiro atoms. The van der Waals surface area contributed by atoms with E-state index in [0.29, 0.717) is 21.8 Å². The number of hydrogen-bond acceptors (Lipinski definition) is 2. The summed E-state index contributed by atoms with van der Waals surface area (Å²) in [6.45, 7) is 0. The maximum atomic E-state index is 13.2. The Hall–Kier alpha value is -2.07. The van der Waals surface area contributed by atoms with Gasteiger partial charge >= 0.3 is 6.18 Å². The molecular weight excluding hydrogens is 352 g/mol. The molecular formula is C14H7BrF4N2. The summed E-state index contributed by atoms with van der Waals surface area (Å²) < 4.78 is 51.5. The first-order valence-electron chi connectivity index (χ1n) is 5.64. The lowest BCUT2D eigenvalue weighted by Gasteiger charge is -2.12. The molecule has 0 radical (unpaired) electrons. The first-order valence-corrected chi connectivity index (χ1v) is 6.44. The molecule has 0 heterocycles. The first-order chi connectivity index (χ1) is 9.81. The first kappa shape index (κ1) is 15.3. The Bertz CT molecular complexity index is 720. The smallest absolute Gasteiger partial charge is 0.355 e. The normalized spacial score (nSPS) is 11.0. The summed E-state index contributed by atoms with van der Waals surface area (Å²) >= 11 is 3.18. The van der Waals surface area contributed by atoms with Gasteiger partial charge in [-0.2, -0.15) is 18.4 Å². The molecule has 0 unspecified atom stereocenters. The van der Waals surface area contributed by atoms with Crippen molar-refractivity contribution in [2.45, 2.75) is 6.18 Å². The van der Waals surface area contributed by atoms with Crippen molar-refractivity contribution in [3.05, 3.63) is 57.8 Å². The summed E-state index contributed by atoms with van der Waals surface area (Å²) in [5, 5.41) is 11.5. The van der Waals surface area contributed by atoms with E-state index in [1.807, 2.05) is 6.07 Å². The lowest BCUT2D eigenvalue weighted by atomic mass is 10.1. The van der Waals surface area contributed by atoms with Crippen LogP contribution in [0.2, 0.25) is 0 Å². The molecule has 0 aliphatic heterocycles. The number of hydrogen-bond donors (Lipinski definition) is 1. The van der Waals surface area contributed by atoms with E-state index >= 15 is 0 Å². The van der Waals surface area contributed by atoms with Gasteiger partial charge in [-0.25, -0.2) is 4.39 Å². The van der Waals surface area contributed by atoms with Gasteiger partial charge in [-0.05, 0) is 52.3 Å². The Morgan fingerprint density at radius 3 is 2.24 bits per heavy atom. The van der Waals surface area contributed by atoms with E-state index in [2.05, 4.69) is 21.2 Å². The van der Waals surface area contributed by atoms with Crippen LogP contribution >= 0.6 is 15.9 Å². The lowest BCUT2D eigenvalue weighted by Crippen LogP contribution is -2.08. The zero-order valence-electron chi connectivity index (χ0n) is 10.3. The molecule has 2 rings (SSSR count). The van der Waals surface area contributed by atoms with Gasteiger partial charge in [0.05, 0.1) is 11.1 Å². The number of benzene rings is 2. The van der Waals surface area contributed by atoms with Crippen molar-refractivity contribution in [2.24, 2.45) is 0 Å². The molecule has 1 N–H and O–H groups in total. The molecule has 2 aromatic carbocycles. The summed E-state index contributed by atoms with van der Waals surface area (Å²) in [7, 11) is 0. The Labute approximate surface area is 126 Å². The van der Waals surface area contributed by atoms with Crippen LogP contribution in [0.4, 0.5) is 28.9 Å². The van der Waals surface area contributed by atoms with Gasteiger partial charge in [0.25, 0.3) is 0 Å². The zero-order valence-corrected chi connectivity index (χ0v) is 11.9. The van der Waals surface area contributed by atoms with Gasteiger partial charge in [0.15, 0.2) is 0 Å². The number of anilines is 2. The van der Waals surface area contributed by atoms with Crippen molar-refractivity contribution >= 4 is 27.3 Å². The van der Waals surface area contributed by atoms with Gasteiger partial charge in [0.1, 0.15) is 11.9 Å². The Morgan fingerprint density at radius 1 is 1.05 bits per heavy atom. The van der Waals surface area contributed by atoms with Gasteiger partial charge in [-0.15, -0.1) is 0 Å². The lowest BCUT2D eigenvalue weighted by molar-refractivity contribution is -0.139. The average Bonchev–Trinajstić information content (AvgIpc) is 2.40. The van der Waals surface area contributed by atoms with Crippen LogP contribution < -0.4 is 5.32 Å². The highest BCUT2D eigenvalue weighted by molar-refractivity contribution is 9.10. The predicted molar refractivity (Wildman–Crippen MR) is 73.5 cm³/mol. The SMILES string of the molecule is N#Cc1ccc(Nc2ccc(F)c(C(F)(F)F)c2)cc1Br. The van der Waals surface area contributed by atoms with Crippen LogP contribution in [0.5, 0.6) is 0 Å². The fraction of sp³-hybridized carbons (Fsp3) is 0.0714. The van der Waals surface area contributed by atoms with E-state index in [0.717, 1.165) is 6.07 Å². The zero-order chi connectivity index (χ0) is 15.6. The maximum Gasteiger partial charge on any atom is 0.419 e. The Morgan fingerprint density at radius 2 is 1.67 bits per heavy atom. The molecule has 108 valence electrons. The number of alkyl halides is 3. The number of nitrogens with zero attached hydrogens (tertiary/aromatic N) is 1. The van der Waals surface area contributed by atoms with Crippen LogP contribution in [-0.4, -0.2) is 0 Å². The van der Waals surface area contributed by atoms with Crippen molar-refractivity contribution in [3.63, 3.8) is 0 Å². The Kier molecular flexibility index (Phi) is 4.19. The summed E-state index contributed by atoms with van der Waals surface area (Å²) in [4.78, 5) is 0. The molecule has 0 fully saturated rings. The molecule has 7 heteroatoms. The van der Waals surface area contributed by atoms with Crippen molar-refractivity contribution in [2.75, 3.05) is 5.32 Å². The third-order valence-electron chi connectivity index (χ3n) is 2.65. The number of nitrogens with one attached hydrogen (secondary N) is 1. The highest BCUT2D eigenvalue weighted by atomic mass is 79.9. The largest absolute Gasteiger partial charge is 0.419 e. The van der Waals surface area contributed by atoms with E-state index in [1.165, 1.54) is 12.1 Å². The fourth-order valence-electron chi connectivity index (χ4n) is 1.67. The molecule has 0 saturated carbocycles. The van der Waals surface area contributed by atoms with Gasteiger partial charge in [-0.1, -0.05) is 0 Å².